The topological polar surface area (TPSA) is 13.1 Å². The van der Waals surface area contributed by atoms with E-state index < -0.39 is 0 Å². The third-order valence-corrected chi connectivity index (χ3v) is 12.3. The predicted molar refractivity (Wildman–Crippen MR) is 218 cm³/mol. The molecule has 6 aromatic carbocycles. The van der Waals surface area contributed by atoms with Crippen LogP contribution in [0, 0.1) is 11.8 Å². The summed E-state index contributed by atoms with van der Waals surface area (Å²) in [6.07, 6.45) is 9.23. The number of benzene rings is 6. The zero-order valence-electron chi connectivity index (χ0n) is 27.5. The van der Waals surface area contributed by atoms with Crippen LogP contribution in [0.3, 0.4) is 0 Å². The van der Waals surface area contributed by atoms with Crippen LogP contribution in [0.2, 0.25) is 0 Å². The van der Waals surface area contributed by atoms with E-state index in [0.717, 1.165) is 16.6 Å². The molecule has 0 spiro atoms. The number of hydrogen-bond acceptors (Lipinski definition) is 3. The molecular weight excluding hydrogens is 657 g/mol. The summed E-state index contributed by atoms with van der Waals surface area (Å²) in [5, 5.41) is 18.9. The second kappa shape index (κ2) is 11.4. The maximum Gasteiger partial charge on any atom is 0.136 e. The Bertz CT molecular complexity index is 2970. The smallest absolute Gasteiger partial charge is 0.136 e. The van der Waals surface area contributed by atoms with E-state index in [9.17, 15) is 0 Å². The number of rotatable bonds is 4. The van der Waals surface area contributed by atoms with Crippen molar-refractivity contribution in [3.05, 3.63) is 189 Å². The molecular formula is C48H30OS2. The first kappa shape index (κ1) is 29.0. The van der Waals surface area contributed by atoms with Gasteiger partial charge in [0.05, 0.1) is 0 Å². The summed E-state index contributed by atoms with van der Waals surface area (Å²) < 4.78 is 6.81. The lowest BCUT2D eigenvalue weighted by Gasteiger charge is -2.33. The van der Waals surface area contributed by atoms with Crippen molar-refractivity contribution in [2.45, 2.75) is 0 Å². The van der Waals surface area contributed by atoms with Crippen molar-refractivity contribution in [3.63, 3.8) is 0 Å². The van der Waals surface area contributed by atoms with Gasteiger partial charge in [0.2, 0.25) is 0 Å². The molecule has 0 bridgehead atoms. The average molecular weight is 687 g/mol. The van der Waals surface area contributed by atoms with Gasteiger partial charge < -0.3 is 4.42 Å². The molecule has 1 nitrogen and oxygen atoms in total. The summed E-state index contributed by atoms with van der Waals surface area (Å²) in [6.45, 7) is 0. The Kier molecular flexibility index (Phi) is 6.49. The Hall–Kier alpha value is -5.74. The molecule has 0 saturated carbocycles. The van der Waals surface area contributed by atoms with E-state index in [0.29, 0.717) is 0 Å². The van der Waals surface area contributed by atoms with Crippen LogP contribution in [-0.4, -0.2) is 0 Å². The lowest BCUT2D eigenvalue weighted by molar-refractivity contribution is 0.668. The molecule has 0 saturated heterocycles. The van der Waals surface area contributed by atoms with Crippen LogP contribution in [-0.2, 0) is 0 Å². The summed E-state index contributed by atoms with van der Waals surface area (Å²) in [4.78, 5) is 0. The molecule has 9 aromatic rings. The normalized spacial score (nSPS) is 16.8. The molecule has 0 N–H and O–H groups in total. The average Bonchev–Trinajstić information content (AvgIpc) is 3.98. The highest BCUT2D eigenvalue weighted by Gasteiger charge is 2.33. The molecule has 3 heterocycles. The van der Waals surface area contributed by atoms with Crippen LogP contribution in [0.25, 0.3) is 76.9 Å². The zero-order chi connectivity index (χ0) is 33.5. The predicted octanol–water partition coefficient (Wildman–Crippen LogP) is 12.1. The lowest BCUT2D eigenvalue weighted by atomic mass is 9.70. The summed E-state index contributed by atoms with van der Waals surface area (Å²) in [5.74, 6) is 0.474. The quantitative estimate of drug-likeness (QED) is 0.168. The zero-order valence-corrected chi connectivity index (χ0v) is 29.2. The fourth-order valence-corrected chi connectivity index (χ4v) is 10.2. The van der Waals surface area contributed by atoms with Crippen LogP contribution >= 0.6 is 22.7 Å². The highest BCUT2D eigenvalue weighted by molar-refractivity contribution is 7.08. The molecule has 0 fully saturated rings. The van der Waals surface area contributed by atoms with Crippen LogP contribution in [0.5, 0.6) is 0 Å². The first-order valence-electron chi connectivity index (χ1n) is 17.5. The number of allylic oxidation sites excluding steroid dienone is 4. The lowest BCUT2D eigenvalue weighted by Crippen LogP contribution is -2.40. The number of furan rings is 1. The van der Waals surface area contributed by atoms with Crippen LogP contribution in [0.4, 0.5) is 0 Å². The Morgan fingerprint density at radius 3 is 1.69 bits per heavy atom. The first-order valence-corrected chi connectivity index (χ1v) is 19.3. The summed E-state index contributed by atoms with van der Waals surface area (Å²) >= 11 is 3.51. The molecule has 0 radical (unpaired) electrons. The van der Waals surface area contributed by atoms with Gasteiger partial charge in [-0.25, -0.2) is 0 Å². The molecule has 2 aliphatic carbocycles. The van der Waals surface area contributed by atoms with Gasteiger partial charge in [-0.1, -0.05) is 115 Å². The molecule has 11 rings (SSSR count). The fraction of sp³-hybridized carbons (Fsp3) is 0.0417. The Balaban J connectivity index is 1.18. The number of hydrogen-bond donors (Lipinski definition) is 0. The Morgan fingerprint density at radius 1 is 0.451 bits per heavy atom. The highest BCUT2D eigenvalue weighted by atomic mass is 32.1. The molecule has 0 aliphatic heterocycles. The van der Waals surface area contributed by atoms with Crippen LogP contribution in [0.15, 0.2) is 172 Å². The second-order valence-corrected chi connectivity index (χ2v) is 15.1. The fourth-order valence-electron chi connectivity index (χ4n) is 8.92. The SMILES string of the molecule is C1=CC2C(c3ccsc3)=c3ccccc3=C(c3cccc4oc5cc(-c6c7ccccc7c(-c7ccsc7)c7ccccc67)ccc5c34)C2C=C1. The van der Waals surface area contributed by atoms with Gasteiger partial charge in [0.1, 0.15) is 11.2 Å². The van der Waals surface area contributed by atoms with E-state index in [-0.39, 0.29) is 11.8 Å². The monoisotopic (exact) mass is 686 g/mol. The molecule has 2 aliphatic rings. The van der Waals surface area contributed by atoms with Gasteiger partial charge in [0, 0.05) is 22.6 Å². The standard InChI is InChI=1S/C48H30OS2/c1-3-12-34-32(10-1)44(33-11-2-4-13-35(33)45(34)30-22-24-50-27-30)29-20-21-40-43(26-29)49-42-19-9-18-41(48(40)42)47-38-16-7-5-14-36(38)46(31-23-25-51-28-31)37-15-6-8-17-39(37)47/h1-28,36,38H. The summed E-state index contributed by atoms with van der Waals surface area (Å²) in [6, 6.07) is 44.7. The van der Waals surface area contributed by atoms with Gasteiger partial charge >= 0.3 is 0 Å². The van der Waals surface area contributed by atoms with Gasteiger partial charge in [0.25, 0.3) is 0 Å². The summed E-state index contributed by atoms with van der Waals surface area (Å²) in [7, 11) is 0. The molecule has 51 heavy (non-hydrogen) atoms. The molecule has 2 unspecified atom stereocenters. The molecule has 3 heteroatoms. The third-order valence-electron chi connectivity index (χ3n) is 11.0. The van der Waals surface area contributed by atoms with E-state index in [1.807, 2.05) is 0 Å². The van der Waals surface area contributed by atoms with Crippen molar-refractivity contribution in [2.75, 3.05) is 0 Å². The number of fused-ring (bicyclic) bond motifs is 7. The van der Waals surface area contributed by atoms with Gasteiger partial charge in [-0.15, -0.1) is 0 Å². The largest absolute Gasteiger partial charge is 0.456 e. The van der Waals surface area contributed by atoms with Crippen molar-refractivity contribution in [3.8, 4) is 22.3 Å². The number of thiophene rings is 2. The van der Waals surface area contributed by atoms with Gasteiger partial charge in [-0.3, -0.25) is 0 Å². The van der Waals surface area contributed by atoms with Crippen molar-refractivity contribution >= 4 is 77.3 Å². The van der Waals surface area contributed by atoms with Crippen molar-refractivity contribution in [1.29, 1.82) is 0 Å². The van der Waals surface area contributed by atoms with Gasteiger partial charge in [-0.2, -0.15) is 22.7 Å². The van der Waals surface area contributed by atoms with E-state index in [1.54, 1.807) is 22.7 Å². The van der Waals surface area contributed by atoms with Crippen LogP contribution in [0.1, 0.15) is 11.1 Å². The van der Waals surface area contributed by atoms with Crippen molar-refractivity contribution in [2.24, 2.45) is 11.8 Å². The maximum absolute atomic E-state index is 6.81. The molecule has 3 aromatic heterocycles. The van der Waals surface area contributed by atoms with Gasteiger partial charge in [-0.05, 0) is 128 Å². The Labute approximate surface area is 303 Å². The van der Waals surface area contributed by atoms with E-state index in [2.05, 4.69) is 167 Å². The minimum absolute atomic E-state index is 0.217. The highest BCUT2D eigenvalue weighted by Crippen LogP contribution is 2.47. The van der Waals surface area contributed by atoms with Crippen molar-refractivity contribution in [1.82, 2.24) is 0 Å². The van der Waals surface area contributed by atoms with E-state index in [1.165, 1.54) is 81.9 Å². The minimum atomic E-state index is 0.217. The third kappa shape index (κ3) is 4.32. The van der Waals surface area contributed by atoms with E-state index in [4.69, 9.17) is 4.42 Å². The van der Waals surface area contributed by atoms with Crippen LogP contribution < -0.4 is 10.4 Å². The first-order chi connectivity index (χ1) is 25.3. The molecule has 240 valence electrons. The molecule has 0 amide bonds. The summed E-state index contributed by atoms with van der Waals surface area (Å²) in [5.41, 5.74) is 12.2. The molecule has 2 atom stereocenters. The maximum atomic E-state index is 6.81. The van der Waals surface area contributed by atoms with E-state index >= 15 is 0 Å². The Morgan fingerprint density at radius 2 is 1.04 bits per heavy atom. The van der Waals surface area contributed by atoms with Gasteiger partial charge in [0.15, 0.2) is 0 Å². The second-order valence-electron chi connectivity index (χ2n) is 13.6. The minimum Gasteiger partial charge on any atom is -0.456 e. The van der Waals surface area contributed by atoms with Crippen molar-refractivity contribution < 1.29 is 4.42 Å².